The number of methoxy groups -OCH3 is 2. The summed E-state index contributed by atoms with van der Waals surface area (Å²) in [7, 11) is 1.67. The largest absolute Gasteiger partial charge is 0.497 e. The third-order valence-corrected chi connectivity index (χ3v) is 4.72. The fraction of sp³-hybridized carbons (Fsp3) is 0.565. The van der Waals surface area contributed by atoms with Gasteiger partial charge in [0.1, 0.15) is 12.5 Å². The molecule has 0 unspecified atom stereocenters. The average molecular weight is 436 g/mol. The number of benzene rings is 1. The van der Waals surface area contributed by atoms with Gasteiger partial charge in [-0.3, -0.25) is 0 Å². The van der Waals surface area contributed by atoms with Gasteiger partial charge in [-0.2, -0.15) is 0 Å². The van der Waals surface area contributed by atoms with E-state index in [1.54, 1.807) is 27.2 Å². The number of hydrogen-bond acceptors (Lipinski definition) is 7. The van der Waals surface area contributed by atoms with Crippen LogP contribution in [-0.2, 0) is 20.8 Å². The first kappa shape index (κ1) is 27.4. The van der Waals surface area contributed by atoms with E-state index in [1.165, 1.54) is 5.98 Å². The molecule has 1 rings (SSSR count). The molecule has 0 amide bonds. The summed E-state index contributed by atoms with van der Waals surface area (Å²) in [5.74, 6) is 1.98. The Morgan fingerprint density at radius 1 is 1.13 bits per heavy atom. The predicted molar refractivity (Wildman–Crippen MR) is 122 cm³/mol. The van der Waals surface area contributed by atoms with Gasteiger partial charge in [0.05, 0.1) is 32.5 Å². The van der Waals surface area contributed by atoms with Crippen LogP contribution in [0.4, 0.5) is 0 Å². The van der Waals surface area contributed by atoms with E-state index < -0.39 is 7.12 Å². The third kappa shape index (κ3) is 12.1. The van der Waals surface area contributed by atoms with Gasteiger partial charge in [0.25, 0.3) is 0 Å². The van der Waals surface area contributed by atoms with E-state index in [4.69, 9.17) is 29.0 Å². The van der Waals surface area contributed by atoms with Gasteiger partial charge in [0.2, 0.25) is 0 Å². The zero-order chi connectivity index (χ0) is 23.1. The Morgan fingerprint density at radius 3 is 2.42 bits per heavy atom. The second-order valence-corrected chi connectivity index (χ2v) is 7.55. The first-order chi connectivity index (χ1) is 14.9. The Morgan fingerprint density at radius 2 is 1.84 bits per heavy atom. The van der Waals surface area contributed by atoms with Crippen molar-refractivity contribution < 1.29 is 34.1 Å². The maximum atomic E-state index is 9.51. The van der Waals surface area contributed by atoms with Crippen LogP contribution in [0.15, 0.2) is 48.0 Å². The summed E-state index contributed by atoms with van der Waals surface area (Å²) >= 11 is 0. The second kappa shape index (κ2) is 16.0. The van der Waals surface area contributed by atoms with E-state index in [0.29, 0.717) is 19.6 Å². The summed E-state index contributed by atoms with van der Waals surface area (Å²) in [5, 5.41) is 27.8. The molecule has 8 heteroatoms. The van der Waals surface area contributed by atoms with E-state index in [2.05, 4.69) is 6.08 Å². The fourth-order valence-electron chi connectivity index (χ4n) is 3.08. The van der Waals surface area contributed by atoms with E-state index >= 15 is 0 Å². The molecule has 0 aliphatic rings. The number of aliphatic hydroxyl groups is 1. The number of unbranched alkanes of at least 4 members (excludes halogenated alkanes) is 1. The van der Waals surface area contributed by atoms with Crippen molar-refractivity contribution in [2.75, 3.05) is 27.6 Å². The van der Waals surface area contributed by atoms with Crippen LogP contribution in [0, 0.1) is 5.92 Å². The maximum Gasteiger partial charge on any atom is 0.480 e. The molecule has 1 aromatic carbocycles. The van der Waals surface area contributed by atoms with Crippen LogP contribution in [0.3, 0.4) is 0 Å². The topological polar surface area (TPSA) is 97.6 Å². The zero-order valence-electron chi connectivity index (χ0n) is 19.1. The highest BCUT2D eigenvalue weighted by Gasteiger charge is 2.21. The zero-order valence-corrected chi connectivity index (χ0v) is 19.1. The maximum absolute atomic E-state index is 9.51. The van der Waals surface area contributed by atoms with Crippen molar-refractivity contribution in [1.82, 2.24) is 0 Å². The van der Waals surface area contributed by atoms with Crippen molar-refractivity contribution in [2.24, 2.45) is 5.92 Å². The summed E-state index contributed by atoms with van der Waals surface area (Å²) in [6, 6.07) is 7.70. The Hall–Kier alpha value is -1.68. The van der Waals surface area contributed by atoms with Gasteiger partial charge in [-0.1, -0.05) is 37.2 Å². The van der Waals surface area contributed by atoms with Crippen molar-refractivity contribution in [2.45, 2.75) is 51.9 Å². The fourth-order valence-corrected chi connectivity index (χ4v) is 3.08. The number of allylic oxidation sites excluding steroid dienone is 1. The lowest BCUT2D eigenvalue weighted by molar-refractivity contribution is -0.0734. The monoisotopic (exact) mass is 436 g/mol. The van der Waals surface area contributed by atoms with Crippen LogP contribution in [0.5, 0.6) is 5.75 Å². The first-order valence-electron chi connectivity index (χ1n) is 10.6. The molecule has 0 aliphatic carbocycles. The molecule has 0 radical (unpaired) electrons. The van der Waals surface area contributed by atoms with Crippen LogP contribution in [0.25, 0.3) is 0 Å². The van der Waals surface area contributed by atoms with Crippen molar-refractivity contribution in [3.63, 3.8) is 0 Å². The molecular formula is C23H37BO7. The second-order valence-electron chi connectivity index (χ2n) is 7.55. The normalized spacial score (nSPS) is 15.1. The first-order valence-corrected chi connectivity index (χ1v) is 10.6. The van der Waals surface area contributed by atoms with Gasteiger partial charge < -0.3 is 34.1 Å². The molecule has 0 spiro atoms. The highest BCUT2D eigenvalue weighted by Crippen LogP contribution is 2.21. The minimum atomic E-state index is -1.52. The molecule has 0 saturated heterocycles. The van der Waals surface area contributed by atoms with Gasteiger partial charge >= 0.3 is 7.12 Å². The van der Waals surface area contributed by atoms with Crippen LogP contribution in [-0.4, -0.2) is 62.1 Å². The van der Waals surface area contributed by atoms with E-state index in [-0.39, 0.29) is 24.9 Å². The molecule has 0 heterocycles. The molecule has 31 heavy (non-hydrogen) atoms. The molecule has 0 aromatic heterocycles. The Bertz CT molecular complexity index is 644. The molecule has 0 bridgehead atoms. The van der Waals surface area contributed by atoms with Crippen LogP contribution >= 0.6 is 0 Å². The molecule has 3 N–H and O–H groups in total. The standard InChI is InChI=1S/C23H37BO7/c1-18(13-14-24(26)27)23(31-17-28-3)21(8-6-5-7-19(2)25)16-30-15-20-9-11-22(29-4)12-10-20/h8-14,18-19,23,25-27H,5-7,15-17H2,1-4H3/b14-13+,21-8+/t18-,19-,23+/m0/s1. The lowest BCUT2D eigenvalue weighted by Crippen LogP contribution is -2.27. The minimum Gasteiger partial charge on any atom is -0.497 e. The molecule has 0 aliphatic heterocycles. The predicted octanol–water partition coefficient (Wildman–Crippen LogP) is 2.88. The van der Waals surface area contributed by atoms with E-state index in [0.717, 1.165) is 29.7 Å². The van der Waals surface area contributed by atoms with Gasteiger partial charge in [-0.05, 0) is 49.5 Å². The third-order valence-electron chi connectivity index (χ3n) is 4.72. The molecule has 3 atom stereocenters. The molecule has 0 fully saturated rings. The van der Waals surface area contributed by atoms with Gasteiger partial charge in [0.15, 0.2) is 0 Å². The summed E-state index contributed by atoms with van der Waals surface area (Å²) in [6.07, 6.45) is 5.43. The summed E-state index contributed by atoms with van der Waals surface area (Å²) in [6.45, 7) is 4.61. The van der Waals surface area contributed by atoms with Crippen molar-refractivity contribution in [3.05, 3.63) is 53.5 Å². The highest BCUT2D eigenvalue weighted by atomic mass is 16.7. The molecule has 0 saturated carbocycles. The smallest absolute Gasteiger partial charge is 0.480 e. The van der Waals surface area contributed by atoms with Crippen molar-refractivity contribution in [3.8, 4) is 5.75 Å². The number of aliphatic hydroxyl groups excluding tert-OH is 1. The number of rotatable bonds is 16. The SMILES string of the molecule is COCO[C@@H](/C(=C/CCC[C@H](C)O)COCc1ccc(OC)cc1)[C@@H](C)/C=C/B(O)O. The van der Waals surface area contributed by atoms with Crippen LogP contribution in [0.1, 0.15) is 38.7 Å². The summed E-state index contributed by atoms with van der Waals surface area (Å²) in [5.41, 5.74) is 1.97. The Labute approximate surface area is 186 Å². The van der Waals surface area contributed by atoms with Crippen molar-refractivity contribution >= 4 is 7.12 Å². The minimum absolute atomic E-state index is 0.105. The van der Waals surface area contributed by atoms with E-state index in [9.17, 15) is 5.11 Å². The highest BCUT2D eigenvalue weighted by molar-refractivity contribution is 6.47. The molecule has 1 aromatic rings. The Balaban J connectivity index is 2.88. The van der Waals surface area contributed by atoms with Crippen LogP contribution < -0.4 is 4.74 Å². The lowest BCUT2D eigenvalue weighted by atomic mass is 9.87. The van der Waals surface area contributed by atoms with Gasteiger partial charge in [0, 0.05) is 13.0 Å². The number of ether oxygens (including phenoxy) is 4. The van der Waals surface area contributed by atoms with Gasteiger partial charge in [-0.25, -0.2) is 0 Å². The molecule has 7 nitrogen and oxygen atoms in total. The van der Waals surface area contributed by atoms with Crippen LogP contribution in [0.2, 0.25) is 0 Å². The molecular weight excluding hydrogens is 399 g/mol. The van der Waals surface area contributed by atoms with E-state index in [1.807, 2.05) is 31.2 Å². The molecule has 174 valence electrons. The lowest BCUT2D eigenvalue weighted by Gasteiger charge is -2.25. The average Bonchev–Trinajstić information content (AvgIpc) is 2.75. The summed E-state index contributed by atoms with van der Waals surface area (Å²) < 4.78 is 22.1. The van der Waals surface area contributed by atoms with Gasteiger partial charge in [-0.15, -0.1) is 0 Å². The number of hydrogen-bond donors (Lipinski definition) is 3. The Kier molecular flexibility index (Phi) is 14.1. The van der Waals surface area contributed by atoms with Crippen molar-refractivity contribution in [1.29, 1.82) is 0 Å². The quantitative estimate of drug-likeness (QED) is 0.159. The summed E-state index contributed by atoms with van der Waals surface area (Å²) in [4.78, 5) is 0.